The van der Waals surface area contributed by atoms with E-state index < -0.39 is 0 Å². The van der Waals surface area contributed by atoms with Gasteiger partial charge in [-0.2, -0.15) is 0 Å². The van der Waals surface area contributed by atoms with Crippen molar-refractivity contribution in [1.82, 2.24) is 4.57 Å². The van der Waals surface area contributed by atoms with Gasteiger partial charge in [0.2, 0.25) is 0 Å². The molecule has 0 saturated carbocycles. The summed E-state index contributed by atoms with van der Waals surface area (Å²) in [5.41, 5.74) is 12.5. The van der Waals surface area contributed by atoms with Gasteiger partial charge in [0.15, 0.2) is 0 Å². The average Bonchev–Trinajstić information content (AvgIpc) is 3.19. The van der Waals surface area contributed by atoms with Gasteiger partial charge in [-0.25, -0.2) is 0 Å². The molecule has 0 amide bonds. The average molecular weight is 545 g/mol. The molecule has 4 aromatic carbocycles. The van der Waals surface area contributed by atoms with Crippen molar-refractivity contribution in [2.75, 3.05) is 4.90 Å². The lowest BCUT2D eigenvalue weighted by atomic mass is 10.0. The first kappa shape index (κ1) is 26.1. The number of aryl methyl sites for hydroxylation is 2. The third kappa shape index (κ3) is 4.84. The van der Waals surface area contributed by atoms with Crippen molar-refractivity contribution >= 4 is 28.4 Å². The fraction of sp³-hybridized carbons (Fsp3) is 0.150. The molecular formula is C40H36N2. The highest BCUT2D eigenvalue weighted by Crippen LogP contribution is 2.40. The molecule has 7 rings (SSSR count). The Balaban J connectivity index is 1.47. The van der Waals surface area contributed by atoms with Gasteiger partial charge in [-0.3, -0.25) is 0 Å². The van der Waals surface area contributed by atoms with E-state index >= 15 is 0 Å². The number of benzene rings is 4. The first-order valence-corrected chi connectivity index (χ1v) is 15.1. The fourth-order valence-corrected chi connectivity index (χ4v) is 6.43. The van der Waals surface area contributed by atoms with E-state index in [0.29, 0.717) is 5.92 Å². The number of para-hydroxylation sites is 1. The number of aromatic nitrogens is 1. The Morgan fingerprint density at radius 1 is 0.786 bits per heavy atom. The van der Waals surface area contributed by atoms with Crippen molar-refractivity contribution < 1.29 is 0 Å². The van der Waals surface area contributed by atoms with Gasteiger partial charge in [0.1, 0.15) is 0 Å². The van der Waals surface area contributed by atoms with Gasteiger partial charge in [0.25, 0.3) is 0 Å². The number of allylic oxidation sites excluding steroid dienone is 6. The van der Waals surface area contributed by atoms with Crippen LogP contribution in [0.2, 0.25) is 0 Å². The van der Waals surface area contributed by atoms with Crippen molar-refractivity contribution in [3.8, 4) is 16.8 Å². The van der Waals surface area contributed by atoms with Crippen molar-refractivity contribution in [3.63, 3.8) is 0 Å². The molecule has 2 aliphatic carbocycles. The predicted molar refractivity (Wildman–Crippen MR) is 180 cm³/mol. The second-order valence-electron chi connectivity index (χ2n) is 11.4. The molecule has 1 aromatic heterocycles. The van der Waals surface area contributed by atoms with E-state index in [9.17, 15) is 0 Å². The summed E-state index contributed by atoms with van der Waals surface area (Å²) in [6, 6.07) is 35.4. The van der Waals surface area contributed by atoms with Crippen LogP contribution < -0.4 is 4.90 Å². The van der Waals surface area contributed by atoms with Gasteiger partial charge < -0.3 is 9.47 Å². The molecule has 0 fully saturated rings. The van der Waals surface area contributed by atoms with Crippen LogP contribution in [0.3, 0.4) is 0 Å². The minimum absolute atomic E-state index is 0.344. The van der Waals surface area contributed by atoms with Gasteiger partial charge in [-0.1, -0.05) is 104 Å². The van der Waals surface area contributed by atoms with Crippen LogP contribution in [0.4, 0.5) is 11.4 Å². The molecule has 1 heterocycles. The molecule has 0 saturated heterocycles. The summed E-state index contributed by atoms with van der Waals surface area (Å²) in [6.45, 7) is 4.45. The minimum atomic E-state index is 0.344. The Morgan fingerprint density at radius 3 is 2.50 bits per heavy atom. The monoisotopic (exact) mass is 544 g/mol. The van der Waals surface area contributed by atoms with Crippen LogP contribution in [0, 0.1) is 12.8 Å². The van der Waals surface area contributed by atoms with Crippen LogP contribution >= 0.6 is 0 Å². The lowest BCUT2D eigenvalue weighted by Crippen LogP contribution is -2.17. The van der Waals surface area contributed by atoms with E-state index in [4.69, 9.17) is 0 Å². The number of hydrogen-bond acceptors (Lipinski definition) is 1. The highest BCUT2D eigenvalue weighted by molar-refractivity contribution is 5.94. The number of rotatable bonds is 5. The van der Waals surface area contributed by atoms with Crippen molar-refractivity contribution in [2.24, 2.45) is 5.92 Å². The molecule has 5 aromatic rings. The third-order valence-electron chi connectivity index (χ3n) is 8.48. The van der Waals surface area contributed by atoms with Crippen LogP contribution in [0.15, 0.2) is 139 Å². The Morgan fingerprint density at radius 2 is 1.62 bits per heavy atom. The molecular weight excluding hydrogens is 508 g/mol. The maximum atomic E-state index is 2.49. The fourth-order valence-electron chi connectivity index (χ4n) is 6.43. The summed E-state index contributed by atoms with van der Waals surface area (Å²) in [7, 11) is 0. The smallest absolute Gasteiger partial charge is 0.0558 e. The molecule has 0 radical (unpaired) electrons. The highest BCUT2D eigenvalue weighted by atomic mass is 15.2. The van der Waals surface area contributed by atoms with E-state index in [1.54, 1.807) is 0 Å². The predicted octanol–water partition coefficient (Wildman–Crippen LogP) is 10.7. The van der Waals surface area contributed by atoms with Crippen molar-refractivity contribution in [3.05, 3.63) is 156 Å². The number of fused-ring (bicyclic) bond motifs is 3. The molecule has 0 bridgehead atoms. The van der Waals surface area contributed by atoms with Crippen LogP contribution in [0.1, 0.15) is 36.6 Å². The Labute approximate surface area is 249 Å². The summed E-state index contributed by atoms with van der Waals surface area (Å²) in [5.74, 6) is 0.344. The largest absolute Gasteiger partial charge is 0.310 e. The zero-order chi connectivity index (χ0) is 28.5. The number of anilines is 2. The molecule has 2 aliphatic rings. The number of nitrogens with zero attached hydrogens (tertiary/aromatic N) is 2. The molecule has 1 atom stereocenters. The first-order valence-electron chi connectivity index (χ1n) is 15.1. The van der Waals surface area contributed by atoms with Gasteiger partial charge in [0.05, 0.1) is 5.52 Å². The molecule has 0 spiro atoms. The highest BCUT2D eigenvalue weighted by Gasteiger charge is 2.22. The topological polar surface area (TPSA) is 8.17 Å². The first-order chi connectivity index (χ1) is 20.7. The Hall–Kier alpha value is -4.82. The molecule has 2 nitrogen and oxygen atoms in total. The zero-order valence-corrected chi connectivity index (χ0v) is 24.4. The van der Waals surface area contributed by atoms with Crippen LogP contribution in [0.25, 0.3) is 33.8 Å². The molecule has 206 valence electrons. The summed E-state index contributed by atoms with van der Waals surface area (Å²) >= 11 is 0. The molecule has 0 aliphatic heterocycles. The molecule has 42 heavy (non-hydrogen) atoms. The second kappa shape index (κ2) is 11.2. The van der Waals surface area contributed by atoms with Crippen LogP contribution in [-0.2, 0) is 6.42 Å². The normalized spacial score (nSPS) is 16.1. The van der Waals surface area contributed by atoms with E-state index in [1.807, 2.05) is 0 Å². The standard InChI is InChI=1S/C40H36N2/c1-29-14-9-11-19-33(26-29)41(38-22-12-10-15-30(38)2)35-24-25-37-36-21-7-4-8-23-39(36)42(40(37)28-35)34-20-13-18-32(27-34)31-16-5-3-6-17-31/h3,5-6,8-20,22-29H,4,7,21H2,1-2H3. The lowest BCUT2D eigenvalue weighted by molar-refractivity contribution is 0.854. The van der Waals surface area contributed by atoms with E-state index in [1.165, 1.54) is 68.0 Å². The third-order valence-corrected chi connectivity index (χ3v) is 8.48. The Kier molecular flexibility index (Phi) is 6.97. The summed E-state index contributed by atoms with van der Waals surface area (Å²) in [5, 5.41) is 1.34. The van der Waals surface area contributed by atoms with Crippen molar-refractivity contribution in [1.29, 1.82) is 0 Å². The van der Waals surface area contributed by atoms with E-state index in [2.05, 4.69) is 163 Å². The van der Waals surface area contributed by atoms with Gasteiger partial charge >= 0.3 is 0 Å². The lowest BCUT2D eigenvalue weighted by Gasteiger charge is -2.28. The summed E-state index contributed by atoms with van der Waals surface area (Å²) in [6.07, 6.45) is 19.2. The Bertz CT molecular complexity index is 1880. The maximum absolute atomic E-state index is 2.49. The molecule has 2 heteroatoms. The molecule has 1 unspecified atom stereocenters. The van der Waals surface area contributed by atoms with Crippen LogP contribution in [0.5, 0.6) is 0 Å². The van der Waals surface area contributed by atoms with Crippen molar-refractivity contribution in [2.45, 2.75) is 33.1 Å². The van der Waals surface area contributed by atoms with Crippen LogP contribution in [-0.4, -0.2) is 4.57 Å². The van der Waals surface area contributed by atoms with Gasteiger partial charge in [-0.05, 0) is 96.8 Å². The van der Waals surface area contributed by atoms with Gasteiger partial charge in [-0.15, -0.1) is 0 Å². The molecule has 0 N–H and O–H groups in total. The maximum Gasteiger partial charge on any atom is 0.0558 e. The summed E-state index contributed by atoms with van der Waals surface area (Å²) in [4.78, 5) is 2.42. The van der Waals surface area contributed by atoms with Gasteiger partial charge in [0, 0.05) is 33.8 Å². The zero-order valence-electron chi connectivity index (χ0n) is 24.4. The quantitative estimate of drug-likeness (QED) is 0.214. The summed E-state index contributed by atoms with van der Waals surface area (Å²) < 4.78 is 2.49. The number of hydrogen-bond donors (Lipinski definition) is 0. The second-order valence-corrected chi connectivity index (χ2v) is 11.4. The van der Waals surface area contributed by atoms with E-state index in [-0.39, 0.29) is 0 Å². The minimum Gasteiger partial charge on any atom is -0.310 e. The van der Waals surface area contributed by atoms with E-state index in [0.717, 1.165) is 12.8 Å². The SMILES string of the molecule is Cc1ccccc1N(C1=CC(C)C=CC=C1)c1ccc2c3c(n(-c4cccc(-c5ccccc5)c4)c2c1)C=CCCC3.